The Bertz CT molecular complexity index is 988. The van der Waals surface area contributed by atoms with Crippen molar-refractivity contribution in [3.05, 3.63) is 52.8 Å². The van der Waals surface area contributed by atoms with Gasteiger partial charge in [0.2, 0.25) is 0 Å². The van der Waals surface area contributed by atoms with Gasteiger partial charge in [-0.3, -0.25) is 9.59 Å². The Morgan fingerprint density at radius 1 is 1.26 bits per heavy atom. The van der Waals surface area contributed by atoms with Crippen molar-refractivity contribution in [3.63, 3.8) is 0 Å². The lowest BCUT2D eigenvalue weighted by molar-refractivity contribution is -0.133. The van der Waals surface area contributed by atoms with Crippen molar-refractivity contribution in [1.29, 1.82) is 0 Å². The summed E-state index contributed by atoms with van der Waals surface area (Å²) in [5.74, 6) is -1.12. The number of Topliss-reactive ketones (excluding diaryl/α,β-unsaturated/α-hetero) is 1. The summed E-state index contributed by atoms with van der Waals surface area (Å²) in [4.78, 5) is 41.8. The maximum Gasteiger partial charge on any atom is 0.355 e. The van der Waals surface area contributed by atoms with E-state index in [-0.39, 0.29) is 24.0 Å². The predicted octanol–water partition coefficient (Wildman–Crippen LogP) is 2.65. The lowest BCUT2D eigenvalue weighted by atomic mass is 10.2. The van der Waals surface area contributed by atoms with Gasteiger partial charge in [0.05, 0.1) is 16.8 Å². The average molecular weight is 385 g/mol. The second-order valence-electron chi connectivity index (χ2n) is 6.18. The maximum atomic E-state index is 12.3. The summed E-state index contributed by atoms with van der Waals surface area (Å²) in [6.07, 6.45) is 1.56. The molecule has 0 spiro atoms. The molecule has 0 aliphatic rings. The number of esters is 1. The number of nitrogens with zero attached hydrogens (tertiary/aromatic N) is 3. The van der Waals surface area contributed by atoms with Crippen molar-refractivity contribution >= 4 is 39.2 Å². The zero-order valence-corrected chi connectivity index (χ0v) is 16.1. The Morgan fingerprint density at radius 3 is 2.67 bits per heavy atom. The maximum absolute atomic E-state index is 12.3. The van der Waals surface area contributed by atoms with Gasteiger partial charge in [-0.1, -0.05) is 12.1 Å². The van der Waals surface area contributed by atoms with Gasteiger partial charge in [0.25, 0.3) is 5.91 Å². The topological polar surface area (TPSA) is 81.5 Å². The molecule has 0 radical (unpaired) electrons. The average Bonchev–Trinajstić information content (AvgIpc) is 3.22. The van der Waals surface area contributed by atoms with E-state index in [1.807, 2.05) is 24.3 Å². The van der Waals surface area contributed by atoms with E-state index in [0.29, 0.717) is 12.1 Å². The van der Waals surface area contributed by atoms with Crippen LogP contribution >= 0.6 is 11.3 Å². The smallest absolute Gasteiger partial charge is 0.355 e. The van der Waals surface area contributed by atoms with E-state index in [4.69, 9.17) is 4.74 Å². The molecule has 0 bridgehead atoms. The largest absolute Gasteiger partial charge is 0.451 e. The minimum atomic E-state index is -0.647. The lowest BCUT2D eigenvalue weighted by Gasteiger charge is -2.15. The minimum Gasteiger partial charge on any atom is -0.451 e. The molecule has 7 nitrogen and oxygen atoms in total. The molecule has 27 heavy (non-hydrogen) atoms. The molecule has 8 heteroatoms. The van der Waals surface area contributed by atoms with E-state index in [0.717, 1.165) is 15.2 Å². The van der Waals surface area contributed by atoms with Gasteiger partial charge in [0.15, 0.2) is 12.4 Å². The lowest BCUT2D eigenvalue weighted by Crippen LogP contribution is -2.31. The number of ketones is 1. The molecule has 0 saturated carbocycles. The highest BCUT2D eigenvalue weighted by Crippen LogP contribution is 2.22. The number of ether oxygens (including phenoxy) is 1. The van der Waals surface area contributed by atoms with Crippen LogP contribution < -0.4 is 0 Å². The molecule has 0 aliphatic heterocycles. The van der Waals surface area contributed by atoms with Gasteiger partial charge in [0.1, 0.15) is 10.7 Å². The van der Waals surface area contributed by atoms with Gasteiger partial charge >= 0.3 is 5.97 Å². The molecule has 3 aromatic rings. The van der Waals surface area contributed by atoms with Crippen LogP contribution in [0.2, 0.25) is 0 Å². The third kappa shape index (κ3) is 4.22. The number of carbonyl (C=O) groups excluding carboxylic acids is 3. The van der Waals surface area contributed by atoms with Crippen molar-refractivity contribution in [1.82, 2.24) is 14.5 Å². The highest BCUT2D eigenvalue weighted by Gasteiger charge is 2.18. The molecule has 2 aromatic heterocycles. The standard InChI is InChI=1S/C19H19N3O4S/c1-12(23)13-8-15(21(2)9-13)19(25)26-11-18(24)22(3)10-17-20-14-6-4-5-7-16(14)27-17/h4-9H,10-11H2,1-3H3. The molecular weight excluding hydrogens is 366 g/mol. The number of likely N-dealkylation sites (N-methyl/N-ethyl adjacent to an activating group) is 1. The molecular formula is C19H19N3O4S. The Morgan fingerprint density at radius 2 is 2.00 bits per heavy atom. The van der Waals surface area contributed by atoms with Gasteiger partial charge in [-0.25, -0.2) is 9.78 Å². The molecule has 1 aromatic carbocycles. The van der Waals surface area contributed by atoms with Crippen LogP contribution in [0.3, 0.4) is 0 Å². The first-order chi connectivity index (χ1) is 12.8. The van der Waals surface area contributed by atoms with E-state index < -0.39 is 5.97 Å². The highest BCUT2D eigenvalue weighted by molar-refractivity contribution is 7.18. The highest BCUT2D eigenvalue weighted by atomic mass is 32.1. The van der Waals surface area contributed by atoms with Crippen molar-refractivity contribution in [2.45, 2.75) is 13.5 Å². The SMILES string of the molecule is CC(=O)c1cc(C(=O)OCC(=O)N(C)Cc2nc3ccccc3s2)n(C)c1. The number of thiazole rings is 1. The van der Waals surface area contributed by atoms with E-state index in [1.165, 1.54) is 33.8 Å². The van der Waals surface area contributed by atoms with Crippen LogP contribution in [0.25, 0.3) is 10.2 Å². The normalized spacial score (nSPS) is 10.8. The summed E-state index contributed by atoms with van der Waals surface area (Å²) in [6.45, 7) is 1.39. The minimum absolute atomic E-state index is 0.142. The quantitative estimate of drug-likeness (QED) is 0.481. The van der Waals surface area contributed by atoms with Crippen LogP contribution in [0.5, 0.6) is 0 Å². The fourth-order valence-corrected chi connectivity index (χ4v) is 3.57. The van der Waals surface area contributed by atoms with E-state index in [1.54, 1.807) is 20.3 Å². The summed E-state index contributed by atoms with van der Waals surface area (Å²) in [5.41, 5.74) is 1.54. The Labute approximate surface area is 160 Å². The number of aromatic nitrogens is 2. The third-order valence-electron chi connectivity index (χ3n) is 4.08. The zero-order valence-electron chi connectivity index (χ0n) is 15.3. The second-order valence-corrected chi connectivity index (χ2v) is 7.30. The van der Waals surface area contributed by atoms with Gasteiger partial charge in [0, 0.05) is 25.9 Å². The summed E-state index contributed by atoms with van der Waals surface area (Å²) in [7, 11) is 3.28. The Balaban J connectivity index is 1.58. The Hall–Kier alpha value is -3.00. The number of carbonyl (C=O) groups is 3. The third-order valence-corrected chi connectivity index (χ3v) is 5.10. The number of hydrogen-bond donors (Lipinski definition) is 0. The van der Waals surface area contributed by atoms with E-state index >= 15 is 0 Å². The molecule has 3 rings (SSSR count). The molecule has 140 valence electrons. The van der Waals surface area contributed by atoms with Crippen LogP contribution in [0, 0.1) is 0 Å². The fraction of sp³-hybridized carbons (Fsp3) is 0.263. The fourth-order valence-electron chi connectivity index (χ4n) is 2.55. The zero-order chi connectivity index (χ0) is 19.6. The van der Waals surface area contributed by atoms with Gasteiger partial charge in [-0.2, -0.15) is 0 Å². The van der Waals surface area contributed by atoms with Gasteiger partial charge < -0.3 is 14.2 Å². The van der Waals surface area contributed by atoms with Gasteiger partial charge in [-0.05, 0) is 25.1 Å². The number of rotatable bonds is 6. The van der Waals surface area contributed by atoms with Crippen LogP contribution in [0.15, 0.2) is 36.5 Å². The number of fused-ring (bicyclic) bond motifs is 1. The van der Waals surface area contributed by atoms with E-state index in [9.17, 15) is 14.4 Å². The number of benzene rings is 1. The molecule has 0 aliphatic carbocycles. The van der Waals surface area contributed by atoms with Crippen LogP contribution in [0.4, 0.5) is 0 Å². The first kappa shape index (κ1) is 18.8. The summed E-state index contributed by atoms with van der Waals surface area (Å²) in [5, 5.41) is 0.812. The number of amides is 1. The molecule has 1 amide bonds. The number of aryl methyl sites for hydroxylation is 1. The number of para-hydroxylation sites is 1. The van der Waals surface area contributed by atoms with E-state index in [2.05, 4.69) is 4.98 Å². The van der Waals surface area contributed by atoms with Crippen molar-refractivity contribution in [3.8, 4) is 0 Å². The van der Waals surface area contributed by atoms with Crippen molar-refractivity contribution in [2.75, 3.05) is 13.7 Å². The van der Waals surface area contributed by atoms with Crippen LogP contribution in [-0.4, -0.2) is 45.8 Å². The molecule has 0 unspecified atom stereocenters. The summed E-state index contributed by atoms with van der Waals surface area (Å²) < 4.78 is 7.67. The monoisotopic (exact) mass is 385 g/mol. The first-order valence-electron chi connectivity index (χ1n) is 8.28. The molecule has 0 atom stereocenters. The summed E-state index contributed by atoms with van der Waals surface area (Å²) in [6, 6.07) is 9.23. The Kier molecular flexibility index (Phi) is 5.36. The molecule has 0 fully saturated rings. The molecule has 0 saturated heterocycles. The van der Waals surface area contributed by atoms with Crippen LogP contribution in [-0.2, 0) is 23.1 Å². The second kappa shape index (κ2) is 7.71. The number of hydrogen-bond acceptors (Lipinski definition) is 6. The molecule has 2 heterocycles. The van der Waals surface area contributed by atoms with Gasteiger partial charge in [-0.15, -0.1) is 11.3 Å². The predicted molar refractivity (Wildman–Crippen MR) is 102 cm³/mol. The van der Waals surface area contributed by atoms with Crippen LogP contribution in [0.1, 0.15) is 32.8 Å². The summed E-state index contributed by atoms with van der Waals surface area (Å²) >= 11 is 1.52. The first-order valence-corrected chi connectivity index (χ1v) is 9.09. The van der Waals surface area contributed by atoms with Crippen molar-refractivity contribution < 1.29 is 19.1 Å². The van der Waals surface area contributed by atoms with Crippen molar-refractivity contribution in [2.24, 2.45) is 7.05 Å². The molecule has 0 N–H and O–H groups in total.